The lowest BCUT2D eigenvalue weighted by molar-refractivity contribution is -0.128. The summed E-state index contributed by atoms with van der Waals surface area (Å²) in [7, 11) is 0. The van der Waals surface area contributed by atoms with Gasteiger partial charge in [-0.2, -0.15) is 0 Å². The van der Waals surface area contributed by atoms with Crippen molar-refractivity contribution in [3.05, 3.63) is 51.6 Å². The van der Waals surface area contributed by atoms with Crippen molar-refractivity contribution in [2.24, 2.45) is 0 Å². The second kappa shape index (κ2) is 8.37. The quantitative estimate of drug-likeness (QED) is 0.422. The number of amides is 1. The van der Waals surface area contributed by atoms with Crippen LogP contribution in [0.1, 0.15) is 22.9 Å². The molecule has 2 heterocycles. The van der Waals surface area contributed by atoms with Crippen LogP contribution in [0.4, 0.5) is 0 Å². The van der Waals surface area contributed by atoms with Gasteiger partial charge in [0.05, 0.1) is 5.75 Å². The number of carbonyl (C=O) groups excluding carboxylic acids is 1. The van der Waals surface area contributed by atoms with Crippen LogP contribution in [-0.2, 0) is 11.3 Å². The molecule has 0 fully saturated rings. The number of aryl methyl sites for hydroxylation is 2. The Kier molecular flexibility index (Phi) is 6.16. The van der Waals surface area contributed by atoms with E-state index in [4.69, 9.17) is 11.6 Å². The molecule has 1 aromatic carbocycles. The van der Waals surface area contributed by atoms with Gasteiger partial charge in [0.25, 0.3) is 0 Å². The zero-order chi connectivity index (χ0) is 18.7. The lowest BCUT2D eigenvalue weighted by Gasteiger charge is -2.21. The van der Waals surface area contributed by atoms with Crippen molar-refractivity contribution < 1.29 is 4.79 Å². The molecule has 0 N–H and O–H groups in total. The minimum absolute atomic E-state index is 0.0776. The first-order valence-corrected chi connectivity index (χ1v) is 10.5. The summed E-state index contributed by atoms with van der Waals surface area (Å²) in [5.41, 5.74) is 2.16. The van der Waals surface area contributed by atoms with E-state index in [-0.39, 0.29) is 5.91 Å². The molecule has 3 rings (SSSR count). The molecule has 26 heavy (non-hydrogen) atoms. The summed E-state index contributed by atoms with van der Waals surface area (Å²) < 4.78 is 0. The van der Waals surface area contributed by atoms with Crippen LogP contribution in [0.5, 0.6) is 0 Å². The number of hydrogen-bond acceptors (Lipinski definition) is 5. The Hall–Kier alpha value is -1.63. The fourth-order valence-corrected chi connectivity index (χ4v) is 4.90. The molecule has 0 saturated heterocycles. The van der Waals surface area contributed by atoms with Crippen molar-refractivity contribution in [1.29, 1.82) is 0 Å². The first-order valence-electron chi connectivity index (χ1n) is 8.36. The van der Waals surface area contributed by atoms with E-state index in [1.54, 1.807) is 17.7 Å². The average Bonchev–Trinajstić information content (AvgIpc) is 2.93. The molecule has 1 amide bonds. The van der Waals surface area contributed by atoms with Crippen LogP contribution in [0, 0.1) is 13.8 Å². The van der Waals surface area contributed by atoms with E-state index in [1.165, 1.54) is 22.2 Å². The zero-order valence-corrected chi connectivity index (χ0v) is 17.3. The maximum atomic E-state index is 12.7. The van der Waals surface area contributed by atoms with Crippen molar-refractivity contribution >= 4 is 50.8 Å². The summed E-state index contributed by atoms with van der Waals surface area (Å²) in [5, 5.41) is 2.63. The number of carbonyl (C=O) groups is 1. The maximum absolute atomic E-state index is 12.7. The molecular weight excluding hydrogens is 386 g/mol. The Morgan fingerprint density at radius 1 is 1.27 bits per heavy atom. The molecule has 7 heteroatoms. The summed E-state index contributed by atoms with van der Waals surface area (Å²) in [4.78, 5) is 25.5. The predicted octanol–water partition coefficient (Wildman–Crippen LogP) is 5.10. The third kappa shape index (κ3) is 4.03. The highest BCUT2D eigenvalue weighted by Gasteiger charge is 2.17. The van der Waals surface area contributed by atoms with Crippen molar-refractivity contribution in [2.45, 2.75) is 32.3 Å². The number of aromatic nitrogens is 2. The minimum Gasteiger partial charge on any atom is -0.338 e. The van der Waals surface area contributed by atoms with Gasteiger partial charge in [-0.1, -0.05) is 41.6 Å². The van der Waals surface area contributed by atoms with Gasteiger partial charge in [-0.25, -0.2) is 9.97 Å². The molecule has 0 aliphatic rings. The summed E-state index contributed by atoms with van der Waals surface area (Å²) in [5.74, 6) is 0.424. The van der Waals surface area contributed by atoms with E-state index in [1.807, 2.05) is 36.1 Å². The molecule has 3 aromatic rings. The van der Waals surface area contributed by atoms with Gasteiger partial charge in [-0.15, -0.1) is 11.3 Å². The standard InChI is InChI=1S/C19H20ClN3OS2/c1-4-23(9-14-7-5-6-8-15(14)20)16(24)10-25-18-17-12(2)13(3)26-19(17)22-11-21-18/h5-8,11H,4,9-10H2,1-3H3. The van der Waals surface area contributed by atoms with Crippen LogP contribution in [0.15, 0.2) is 35.6 Å². The molecule has 0 aliphatic carbocycles. The molecule has 136 valence electrons. The Labute approximate surface area is 166 Å². The van der Waals surface area contributed by atoms with Gasteiger partial charge >= 0.3 is 0 Å². The lowest BCUT2D eigenvalue weighted by atomic mass is 10.2. The van der Waals surface area contributed by atoms with Gasteiger partial charge in [0, 0.05) is 28.4 Å². The van der Waals surface area contributed by atoms with Crippen LogP contribution in [0.25, 0.3) is 10.2 Å². The molecule has 4 nitrogen and oxygen atoms in total. The molecule has 0 saturated carbocycles. The van der Waals surface area contributed by atoms with Crippen molar-refractivity contribution in [1.82, 2.24) is 14.9 Å². The highest BCUT2D eigenvalue weighted by molar-refractivity contribution is 8.00. The summed E-state index contributed by atoms with van der Waals surface area (Å²) in [6.45, 7) is 7.31. The highest BCUT2D eigenvalue weighted by Crippen LogP contribution is 2.34. The molecule has 0 unspecified atom stereocenters. The maximum Gasteiger partial charge on any atom is 0.233 e. The molecule has 0 spiro atoms. The van der Waals surface area contributed by atoms with Crippen LogP contribution < -0.4 is 0 Å². The number of fused-ring (bicyclic) bond motifs is 1. The van der Waals surface area contributed by atoms with E-state index >= 15 is 0 Å². The van der Waals surface area contributed by atoms with E-state index in [9.17, 15) is 4.79 Å². The number of benzene rings is 1. The van der Waals surface area contributed by atoms with E-state index in [2.05, 4.69) is 23.8 Å². The number of halogens is 1. The second-order valence-corrected chi connectivity index (χ2v) is 8.50. The Morgan fingerprint density at radius 2 is 2.04 bits per heavy atom. The van der Waals surface area contributed by atoms with Gasteiger partial charge in [-0.05, 0) is 38.0 Å². The van der Waals surface area contributed by atoms with Crippen LogP contribution in [0.2, 0.25) is 5.02 Å². The number of thioether (sulfide) groups is 1. The third-order valence-corrected chi connectivity index (χ3v) is 6.77. The van der Waals surface area contributed by atoms with Crippen molar-refractivity contribution in [3.63, 3.8) is 0 Å². The Bertz CT molecular complexity index is 942. The topological polar surface area (TPSA) is 46.1 Å². The second-order valence-electron chi connectivity index (χ2n) is 5.93. The van der Waals surface area contributed by atoms with Crippen molar-refractivity contribution in [3.8, 4) is 0 Å². The largest absolute Gasteiger partial charge is 0.338 e. The fourth-order valence-electron chi connectivity index (χ4n) is 2.69. The van der Waals surface area contributed by atoms with Gasteiger partial charge < -0.3 is 4.90 Å². The highest BCUT2D eigenvalue weighted by atomic mass is 35.5. The van der Waals surface area contributed by atoms with Gasteiger partial charge in [0.1, 0.15) is 16.2 Å². The molecule has 2 aromatic heterocycles. The predicted molar refractivity (Wildman–Crippen MR) is 110 cm³/mol. The minimum atomic E-state index is 0.0776. The number of rotatable bonds is 6. The monoisotopic (exact) mass is 405 g/mol. The van der Waals surface area contributed by atoms with Gasteiger partial charge in [0.2, 0.25) is 5.91 Å². The Morgan fingerprint density at radius 3 is 2.77 bits per heavy atom. The first-order chi connectivity index (χ1) is 12.5. The molecular formula is C19H20ClN3OS2. The zero-order valence-electron chi connectivity index (χ0n) is 15.0. The van der Waals surface area contributed by atoms with E-state index in [0.717, 1.165) is 20.8 Å². The summed E-state index contributed by atoms with van der Waals surface area (Å²) >= 11 is 9.37. The Balaban J connectivity index is 1.73. The molecule has 0 aliphatic heterocycles. The number of hydrogen-bond donors (Lipinski definition) is 0. The van der Waals surface area contributed by atoms with E-state index in [0.29, 0.717) is 23.9 Å². The first kappa shape index (κ1) is 19.1. The SMILES string of the molecule is CCN(Cc1ccccc1Cl)C(=O)CSc1ncnc2sc(C)c(C)c12. The summed E-state index contributed by atoms with van der Waals surface area (Å²) in [6, 6.07) is 7.64. The summed E-state index contributed by atoms with van der Waals surface area (Å²) in [6.07, 6.45) is 1.58. The van der Waals surface area contributed by atoms with Crippen LogP contribution in [0.3, 0.4) is 0 Å². The lowest BCUT2D eigenvalue weighted by Crippen LogP contribution is -2.31. The smallest absolute Gasteiger partial charge is 0.233 e. The van der Waals surface area contributed by atoms with Crippen molar-refractivity contribution in [2.75, 3.05) is 12.3 Å². The average molecular weight is 406 g/mol. The molecule has 0 radical (unpaired) electrons. The molecule has 0 atom stereocenters. The van der Waals surface area contributed by atoms with Crippen LogP contribution >= 0.6 is 34.7 Å². The van der Waals surface area contributed by atoms with Gasteiger partial charge in [0.15, 0.2) is 0 Å². The van der Waals surface area contributed by atoms with E-state index < -0.39 is 0 Å². The number of thiophene rings is 1. The molecule has 0 bridgehead atoms. The third-order valence-electron chi connectivity index (χ3n) is 4.32. The fraction of sp³-hybridized carbons (Fsp3) is 0.316. The van der Waals surface area contributed by atoms with Crippen LogP contribution in [-0.4, -0.2) is 33.1 Å². The van der Waals surface area contributed by atoms with Gasteiger partial charge in [-0.3, -0.25) is 4.79 Å². The normalized spacial score (nSPS) is 11.1. The number of nitrogens with zero attached hydrogens (tertiary/aromatic N) is 3.